The number of esters is 1. The Morgan fingerprint density at radius 1 is 1.28 bits per heavy atom. The van der Waals surface area contributed by atoms with Crippen LogP contribution in [0.2, 0.25) is 0 Å². The van der Waals surface area contributed by atoms with Crippen LogP contribution in [-0.4, -0.2) is 30.4 Å². The molecule has 1 atom stereocenters. The van der Waals surface area contributed by atoms with Gasteiger partial charge in [-0.25, -0.2) is 0 Å². The summed E-state index contributed by atoms with van der Waals surface area (Å²) in [5, 5.41) is 0. The van der Waals surface area contributed by atoms with Gasteiger partial charge in [-0.15, -0.1) is 0 Å². The van der Waals surface area contributed by atoms with Gasteiger partial charge in [-0.1, -0.05) is 0 Å². The third-order valence-electron chi connectivity index (χ3n) is 3.22. The first kappa shape index (κ1) is 12.4. The summed E-state index contributed by atoms with van der Waals surface area (Å²) in [4.78, 5) is 46.9. The van der Waals surface area contributed by atoms with Crippen molar-refractivity contribution >= 4 is 23.3 Å². The van der Waals surface area contributed by atoms with E-state index in [1.807, 2.05) is 0 Å². The molecule has 2 aliphatic carbocycles. The molecule has 18 heavy (non-hydrogen) atoms. The standard InChI is InChI=1S/C13H12O5/c1-6-3-9(14)11-8(12(6)16)4-7(5-10(11)15)13(17)18-2/h3,7H,4-5H2,1-2H3. The third kappa shape index (κ3) is 1.81. The molecule has 0 N–H and O–H groups in total. The Kier molecular flexibility index (Phi) is 2.98. The quantitative estimate of drug-likeness (QED) is 0.384. The average Bonchev–Trinajstić information content (AvgIpc) is 2.34. The lowest BCUT2D eigenvalue weighted by Gasteiger charge is -2.25. The number of hydrogen-bond acceptors (Lipinski definition) is 5. The van der Waals surface area contributed by atoms with E-state index in [4.69, 9.17) is 0 Å². The lowest BCUT2D eigenvalue weighted by atomic mass is 9.76. The van der Waals surface area contributed by atoms with E-state index >= 15 is 0 Å². The minimum Gasteiger partial charge on any atom is -0.469 e. The summed E-state index contributed by atoms with van der Waals surface area (Å²) in [6.07, 6.45) is 1.21. The Hall–Kier alpha value is -2.04. The van der Waals surface area contributed by atoms with E-state index in [1.165, 1.54) is 20.1 Å². The van der Waals surface area contributed by atoms with Crippen LogP contribution in [0.4, 0.5) is 0 Å². The molecule has 0 bridgehead atoms. The predicted octanol–water partition coefficient (Wildman–Crippen LogP) is 0.533. The number of methoxy groups -OCH3 is 1. The van der Waals surface area contributed by atoms with Gasteiger partial charge in [0, 0.05) is 17.6 Å². The fourth-order valence-electron chi connectivity index (χ4n) is 2.31. The minimum atomic E-state index is -0.663. The summed E-state index contributed by atoms with van der Waals surface area (Å²) >= 11 is 0. The van der Waals surface area contributed by atoms with Crippen LogP contribution in [0, 0.1) is 5.92 Å². The van der Waals surface area contributed by atoms with Crippen molar-refractivity contribution in [1.29, 1.82) is 0 Å². The summed E-state index contributed by atoms with van der Waals surface area (Å²) < 4.78 is 4.58. The van der Waals surface area contributed by atoms with Crippen molar-refractivity contribution in [2.45, 2.75) is 19.8 Å². The number of Topliss-reactive ketones (excluding diaryl/α,β-unsaturated/α-hetero) is 2. The zero-order valence-corrected chi connectivity index (χ0v) is 10.1. The minimum absolute atomic E-state index is 0.0502. The van der Waals surface area contributed by atoms with Crippen LogP contribution in [-0.2, 0) is 23.9 Å². The van der Waals surface area contributed by atoms with Crippen molar-refractivity contribution in [2.24, 2.45) is 5.92 Å². The molecule has 0 saturated carbocycles. The highest BCUT2D eigenvalue weighted by atomic mass is 16.5. The molecule has 2 rings (SSSR count). The Bertz CT molecular complexity index is 536. The first-order valence-electron chi connectivity index (χ1n) is 5.57. The van der Waals surface area contributed by atoms with Crippen LogP contribution < -0.4 is 0 Å². The second-order valence-electron chi connectivity index (χ2n) is 4.43. The highest BCUT2D eigenvalue weighted by molar-refractivity contribution is 6.34. The van der Waals surface area contributed by atoms with Crippen LogP contribution in [0.25, 0.3) is 0 Å². The van der Waals surface area contributed by atoms with Gasteiger partial charge in [-0.3, -0.25) is 19.2 Å². The maximum absolute atomic E-state index is 11.9. The average molecular weight is 248 g/mol. The highest BCUT2D eigenvalue weighted by Crippen LogP contribution is 2.33. The van der Waals surface area contributed by atoms with Crippen LogP contribution in [0.15, 0.2) is 22.8 Å². The number of allylic oxidation sites excluding steroid dienone is 4. The fraction of sp³-hybridized carbons (Fsp3) is 0.385. The van der Waals surface area contributed by atoms with Crippen LogP contribution in [0.1, 0.15) is 19.8 Å². The van der Waals surface area contributed by atoms with Crippen molar-refractivity contribution in [3.63, 3.8) is 0 Å². The summed E-state index contributed by atoms with van der Waals surface area (Å²) in [5.74, 6) is -2.40. The van der Waals surface area contributed by atoms with E-state index < -0.39 is 23.5 Å². The molecule has 0 aliphatic heterocycles. The number of carbonyl (C=O) groups is 4. The molecule has 0 amide bonds. The largest absolute Gasteiger partial charge is 0.469 e. The first-order valence-corrected chi connectivity index (χ1v) is 5.57. The number of rotatable bonds is 1. The normalized spacial score (nSPS) is 23.8. The van der Waals surface area contributed by atoms with Crippen molar-refractivity contribution in [3.05, 3.63) is 22.8 Å². The van der Waals surface area contributed by atoms with Crippen LogP contribution >= 0.6 is 0 Å². The van der Waals surface area contributed by atoms with Crippen molar-refractivity contribution in [2.75, 3.05) is 7.11 Å². The summed E-state index contributed by atoms with van der Waals surface area (Å²) in [7, 11) is 1.23. The van der Waals surface area contributed by atoms with E-state index in [9.17, 15) is 19.2 Å². The maximum atomic E-state index is 11.9. The molecular formula is C13H12O5. The van der Waals surface area contributed by atoms with E-state index in [2.05, 4.69) is 4.74 Å². The Morgan fingerprint density at radius 3 is 2.56 bits per heavy atom. The summed E-state index contributed by atoms with van der Waals surface area (Å²) in [5.41, 5.74) is 0.412. The molecule has 0 aromatic rings. The van der Waals surface area contributed by atoms with Gasteiger partial charge < -0.3 is 4.74 Å². The second-order valence-corrected chi connectivity index (χ2v) is 4.43. The fourth-order valence-corrected chi connectivity index (χ4v) is 2.31. The van der Waals surface area contributed by atoms with Gasteiger partial charge in [-0.05, 0) is 19.4 Å². The molecular weight excluding hydrogens is 236 g/mol. The van der Waals surface area contributed by atoms with E-state index in [-0.39, 0.29) is 29.8 Å². The molecule has 0 aromatic carbocycles. The molecule has 0 spiro atoms. The number of ketones is 3. The topological polar surface area (TPSA) is 77.5 Å². The Balaban J connectivity index is 2.42. The molecule has 5 heteroatoms. The SMILES string of the molecule is COC(=O)C1CC(=O)C2=C(C1)C(=O)C(C)=CC2=O. The van der Waals surface area contributed by atoms with E-state index in [0.717, 1.165) is 0 Å². The van der Waals surface area contributed by atoms with Gasteiger partial charge in [0.1, 0.15) is 0 Å². The molecule has 0 radical (unpaired) electrons. The number of carbonyl (C=O) groups excluding carboxylic acids is 4. The summed E-state index contributed by atoms with van der Waals surface area (Å²) in [6, 6.07) is 0. The molecule has 0 heterocycles. The predicted molar refractivity (Wildman–Crippen MR) is 60.5 cm³/mol. The van der Waals surface area contributed by atoms with E-state index in [0.29, 0.717) is 5.57 Å². The molecule has 94 valence electrons. The van der Waals surface area contributed by atoms with E-state index in [1.54, 1.807) is 0 Å². The van der Waals surface area contributed by atoms with Crippen LogP contribution in [0.3, 0.4) is 0 Å². The smallest absolute Gasteiger partial charge is 0.309 e. The Labute approximate surface area is 103 Å². The number of hydrogen-bond donors (Lipinski definition) is 0. The molecule has 1 unspecified atom stereocenters. The molecule has 0 aromatic heterocycles. The molecule has 0 saturated heterocycles. The second kappa shape index (κ2) is 4.33. The van der Waals surface area contributed by atoms with Crippen molar-refractivity contribution in [3.8, 4) is 0 Å². The lowest BCUT2D eigenvalue weighted by Crippen LogP contribution is -2.33. The number of ether oxygens (including phenoxy) is 1. The van der Waals surface area contributed by atoms with Gasteiger partial charge >= 0.3 is 5.97 Å². The first-order chi connectivity index (χ1) is 8.45. The lowest BCUT2D eigenvalue weighted by molar-refractivity contribution is -0.147. The van der Waals surface area contributed by atoms with Gasteiger partial charge in [0.15, 0.2) is 17.3 Å². The molecule has 0 fully saturated rings. The van der Waals surface area contributed by atoms with Gasteiger partial charge in [0.05, 0.1) is 18.6 Å². The Morgan fingerprint density at radius 2 is 1.94 bits per heavy atom. The third-order valence-corrected chi connectivity index (χ3v) is 3.22. The monoisotopic (exact) mass is 248 g/mol. The molecule has 2 aliphatic rings. The van der Waals surface area contributed by atoms with Crippen molar-refractivity contribution < 1.29 is 23.9 Å². The zero-order chi connectivity index (χ0) is 13.4. The summed E-state index contributed by atoms with van der Waals surface area (Å²) in [6.45, 7) is 1.52. The van der Waals surface area contributed by atoms with Crippen molar-refractivity contribution in [1.82, 2.24) is 0 Å². The van der Waals surface area contributed by atoms with Gasteiger partial charge in [-0.2, -0.15) is 0 Å². The zero-order valence-electron chi connectivity index (χ0n) is 10.1. The van der Waals surface area contributed by atoms with Gasteiger partial charge in [0.2, 0.25) is 0 Å². The highest BCUT2D eigenvalue weighted by Gasteiger charge is 2.39. The molecule has 5 nitrogen and oxygen atoms in total. The van der Waals surface area contributed by atoms with Crippen LogP contribution in [0.5, 0.6) is 0 Å². The maximum Gasteiger partial charge on any atom is 0.309 e. The van der Waals surface area contributed by atoms with Gasteiger partial charge in [0.25, 0.3) is 0 Å².